The van der Waals surface area contributed by atoms with Crippen LogP contribution in [-0.4, -0.2) is 33.1 Å². The lowest BCUT2D eigenvalue weighted by molar-refractivity contribution is 0.0696. The average Bonchev–Trinajstić information content (AvgIpc) is 2.60. The molecule has 2 aromatic carbocycles. The van der Waals surface area contributed by atoms with Crippen LogP contribution in [0.15, 0.2) is 47.4 Å². The summed E-state index contributed by atoms with van der Waals surface area (Å²) in [7, 11) is -2.37. The summed E-state index contributed by atoms with van der Waals surface area (Å²) in [6.45, 7) is 0.326. The predicted octanol–water partition coefficient (Wildman–Crippen LogP) is 2.53. The second-order valence-electron chi connectivity index (χ2n) is 5.48. The average molecular weight is 347 g/mol. The van der Waals surface area contributed by atoms with Gasteiger partial charge < -0.3 is 9.84 Å². The van der Waals surface area contributed by atoms with Crippen LogP contribution >= 0.6 is 0 Å². The van der Waals surface area contributed by atoms with E-state index in [1.165, 1.54) is 35.7 Å². The minimum atomic E-state index is -3.87. The third-order valence-electron chi connectivity index (χ3n) is 4.03. The number of benzene rings is 2. The van der Waals surface area contributed by atoms with Gasteiger partial charge in [0.05, 0.1) is 23.3 Å². The fourth-order valence-corrected chi connectivity index (χ4v) is 4.50. The van der Waals surface area contributed by atoms with Crippen LogP contribution in [0.1, 0.15) is 22.3 Å². The number of methoxy groups -OCH3 is 1. The van der Waals surface area contributed by atoms with Crippen LogP contribution in [0, 0.1) is 0 Å². The molecule has 126 valence electrons. The predicted molar refractivity (Wildman–Crippen MR) is 89.2 cm³/mol. The van der Waals surface area contributed by atoms with Gasteiger partial charge in [-0.3, -0.25) is 4.31 Å². The topological polar surface area (TPSA) is 83.9 Å². The Morgan fingerprint density at radius 2 is 1.96 bits per heavy atom. The SMILES string of the molecule is COc1cccc2c1N(S(=O)(=O)c1cccc(C(=O)O)c1)CCC2. The lowest BCUT2D eigenvalue weighted by Gasteiger charge is -2.31. The molecular formula is C17H17NO5S. The van der Waals surface area contributed by atoms with Crippen molar-refractivity contribution in [2.45, 2.75) is 17.7 Å². The Morgan fingerprint density at radius 3 is 2.67 bits per heavy atom. The summed E-state index contributed by atoms with van der Waals surface area (Å²) in [4.78, 5) is 11.1. The number of hydrogen-bond acceptors (Lipinski definition) is 4. The molecule has 0 atom stereocenters. The van der Waals surface area contributed by atoms with Crippen molar-refractivity contribution in [1.29, 1.82) is 0 Å². The molecule has 6 nitrogen and oxygen atoms in total. The number of carboxylic acid groups (broad SMARTS) is 1. The second-order valence-corrected chi connectivity index (χ2v) is 7.34. The number of fused-ring (bicyclic) bond motifs is 1. The number of aromatic carboxylic acids is 1. The summed E-state index contributed by atoms with van der Waals surface area (Å²) in [5, 5.41) is 9.10. The Morgan fingerprint density at radius 1 is 1.21 bits per heavy atom. The third kappa shape index (κ3) is 2.71. The van der Waals surface area contributed by atoms with E-state index in [0.717, 1.165) is 12.0 Å². The molecule has 0 amide bonds. The van der Waals surface area contributed by atoms with Crippen LogP contribution in [0.25, 0.3) is 0 Å². The van der Waals surface area contributed by atoms with Crippen LogP contribution in [0.4, 0.5) is 5.69 Å². The first kappa shape index (κ1) is 16.3. The van der Waals surface area contributed by atoms with E-state index in [9.17, 15) is 13.2 Å². The van der Waals surface area contributed by atoms with Crippen LogP contribution in [0.5, 0.6) is 5.75 Å². The van der Waals surface area contributed by atoms with Crippen molar-refractivity contribution in [3.05, 3.63) is 53.6 Å². The van der Waals surface area contributed by atoms with Crippen LogP contribution in [-0.2, 0) is 16.4 Å². The highest BCUT2D eigenvalue weighted by Gasteiger charge is 2.31. The zero-order valence-electron chi connectivity index (χ0n) is 13.1. The molecule has 0 aliphatic carbocycles. The van der Waals surface area contributed by atoms with Gasteiger partial charge in [0, 0.05) is 6.54 Å². The first-order valence-corrected chi connectivity index (χ1v) is 8.91. The Bertz CT molecular complexity index is 877. The van der Waals surface area contributed by atoms with Gasteiger partial charge in [-0.05, 0) is 42.7 Å². The van der Waals surface area contributed by atoms with Crippen LogP contribution < -0.4 is 9.04 Å². The van der Waals surface area contributed by atoms with Gasteiger partial charge in [-0.2, -0.15) is 0 Å². The molecule has 3 rings (SSSR count). The van der Waals surface area contributed by atoms with Gasteiger partial charge in [-0.1, -0.05) is 18.2 Å². The minimum absolute atomic E-state index is 0.0406. The highest BCUT2D eigenvalue weighted by molar-refractivity contribution is 7.92. The molecule has 7 heteroatoms. The van der Waals surface area contributed by atoms with Gasteiger partial charge in [0.25, 0.3) is 10.0 Å². The van der Waals surface area contributed by atoms with Gasteiger partial charge in [0.1, 0.15) is 5.75 Å². The molecular weight excluding hydrogens is 330 g/mol. The first-order valence-electron chi connectivity index (χ1n) is 7.47. The monoisotopic (exact) mass is 347 g/mol. The Hall–Kier alpha value is -2.54. The number of carboxylic acids is 1. The molecule has 2 aromatic rings. The number of nitrogens with zero attached hydrogens (tertiary/aromatic N) is 1. The maximum absolute atomic E-state index is 13.1. The van der Waals surface area contributed by atoms with Crippen LogP contribution in [0.2, 0.25) is 0 Å². The van der Waals surface area contributed by atoms with E-state index >= 15 is 0 Å². The quantitative estimate of drug-likeness (QED) is 0.919. The van der Waals surface area contributed by atoms with Crippen molar-refractivity contribution in [3.8, 4) is 5.75 Å². The maximum Gasteiger partial charge on any atom is 0.335 e. The van der Waals surface area contributed by atoms with Gasteiger partial charge in [0.2, 0.25) is 0 Å². The Kier molecular flexibility index (Phi) is 4.19. The number of sulfonamides is 1. The molecule has 1 aliphatic heterocycles. The van der Waals surface area contributed by atoms with Crippen LogP contribution in [0.3, 0.4) is 0 Å². The molecule has 0 spiro atoms. The minimum Gasteiger partial charge on any atom is -0.495 e. The van der Waals surface area contributed by atoms with Gasteiger partial charge in [0.15, 0.2) is 0 Å². The molecule has 24 heavy (non-hydrogen) atoms. The molecule has 0 saturated carbocycles. The summed E-state index contributed by atoms with van der Waals surface area (Å²) >= 11 is 0. The van der Waals surface area contributed by atoms with Crippen molar-refractivity contribution in [1.82, 2.24) is 0 Å². The number of hydrogen-bond donors (Lipinski definition) is 1. The number of anilines is 1. The number of para-hydroxylation sites is 1. The highest BCUT2D eigenvalue weighted by atomic mass is 32.2. The molecule has 0 unspecified atom stereocenters. The highest BCUT2D eigenvalue weighted by Crippen LogP contribution is 2.39. The van der Waals surface area contributed by atoms with Crippen molar-refractivity contribution in [2.75, 3.05) is 18.0 Å². The second kappa shape index (κ2) is 6.16. The van der Waals surface area contributed by atoms with E-state index in [1.807, 2.05) is 12.1 Å². The Balaban J connectivity index is 2.13. The summed E-state index contributed by atoms with van der Waals surface area (Å²) in [6, 6.07) is 10.8. The molecule has 1 heterocycles. The molecule has 0 fully saturated rings. The maximum atomic E-state index is 13.1. The number of carbonyl (C=O) groups is 1. The van der Waals surface area contributed by atoms with Crippen molar-refractivity contribution < 1.29 is 23.1 Å². The fourth-order valence-electron chi connectivity index (χ4n) is 2.90. The summed E-state index contributed by atoms with van der Waals surface area (Å²) < 4.78 is 32.8. The van der Waals surface area contributed by atoms with Crippen molar-refractivity contribution in [3.63, 3.8) is 0 Å². The summed E-state index contributed by atoms with van der Waals surface area (Å²) in [6.07, 6.45) is 1.46. The zero-order chi connectivity index (χ0) is 17.3. The van der Waals surface area contributed by atoms with Crippen molar-refractivity contribution in [2.24, 2.45) is 0 Å². The van der Waals surface area contributed by atoms with Gasteiger partial charge in [-0.15, -0.1) is 0 Å². The normalized spacial score (nSPS) is 14.1. The lowest BCUT2D eigenvalue weighted by Crippen LogP contribution is -2.35. The lowest BCUT2D eigenvalue weighted by atomic mass is 10.0. The van der Waals surface area contributed by atoms with E-state index in [2.05, 4.69) is 0 Å². The zero-order valence-corrected chi connectivity index (χ0v) is 13.9. The smallest absolute Gasteiger partial charge is 0.335 e. The standard InChI is InChI=1S/C17H17NO5S/c1-23-15-9-3-5-12-7-4-10-18(16(12)15)24(21,22)14-8-2-6-13(11-14)17(19)20/h2-3,5-6,8-9,11H,4,7,10H2,1H3,(H,19,20). The molecule has 0 radical (unpaired) electrons. The first-order chi connectivity index (χ1) is 11.4. The van der Waals surface area contributed by atoms with Crippen molar-refractivity contribution >= 4 is 21.7 Å². The largest absolute Gasteiger partial charge is 0.495 e. The van der Waals surface area contributed by atoms with Gasteiger partial charge >= 0.3 is 5.97 Å². The summed E-state index contributed by atoms with van der Waals surface area (Å²) in [5.41, 5.74) is 1.37. The molecule has 0 saturated heterocycles. The van der Waals surface area contributed by atoms with Gasteiger partial charge in [-0.25, -0.2) is 13.2 Å². The molecule has 0 aromatic heterocycles. The molecule has 1 aliphatic rings. The number of aryl methyl sites for hydroxylation is 1. The van der Waals surface area contributed by atoms with E-state index < -0.39 is 16.0 Å². The number of ether oxygens (including phenoxy) is 1. The van der Waals surface area contributed by atoms with E-state index in [4.69, 9.17) is 9.84 Å². The Labute approximate surface area is 140 Å². The van der Waals surface area contributed by atoms with E-state index in [0.29, 0.717) is 24.4 Å². The fraction of sp³-hybridized carbons (Fsp3) is 0.235. The van der Waals surface area contributed by atoms with E-state index in [1.54, 1.807) is 6.07 Å². The molecule has 1 N–H and O–H groups in total. The molecule has 0 bridgehead atoms. The summed E-state index contributed by atoms with van der Waals surface area (Å²) in [5.74, 6) is -0.672. The third-order valence-corrected chi connectivity index (χ3v) is 5.82. The number of rotatable bonds is 4. The van der Waals surface area contributed by atoms with E-state index in [-0.39, 0.29) is 10.5 Å².